The lowest BCUT2D eigenvalue weighted by molar-refractivity contribution is 0.131. The van der Waals surface area contributed by atoms with Crippen molar-refractivity contribution in [1.29, 1.82) is 0 Å². The molecule has 0 atom stereocenters. The first-order valence-corrected chi connectivity index (χ1v) is 6.59. The number of aryl methyl sites for hydroxylation is 2. The number of nitrogens with two attached hydrogens (primary N) is 1. The SMILES string of the molecule is Cc1cc(CCC2(CN)CCC2)cc(F)c1Cl. The van der Waals surface area contributed by atoms with E-state index in [1.54, 1.807) is 6.07 Å². The zero-order valence-corrected chi connectivity index (χ0v) is 11.0. The largest absolute Gasteiger partial charge is 0.330 e. The van der Waals surface area contributed by atoms with Crippen LogP contribution in [0.4, 0.5) is 4.39 Å². The predicted molar refractivity (Wildman–Crippen MR) is 69.8 cm³/mol. The fraction of sp³-hybridized carbons (Fsp3) is 0.571. The third kappa shape index (κ3) is 2.63. The molecule has 2 rings (SSSR count). The Kier molecular flexibility index (Phi) is 3.74. The van der Waals surface area contributed by atoms with Crippen LogP contribution in [-0.2, 0) is 6.42 Å². The Balaban J connectivity index is 2.04. The van der Waals surface area contributed by atoms with Crippen LogP contribution in [-0.4, -0.2) is 6.54 Å². The zero-order chi connectivity index (χ0) is 12.5. The average Bonchev–Trinajstić information content (AvgIpc) is 2.25. The molecule has 17 heavy (non-hydrogen) atoms. The Morgan fingerprint density at radius 2 is 2.12 bits per heavy atom. The van der Waals surface area contributed by atoms with Crippen molar-refractivity contribution in [3.05, 3.63) is 34.1 Å². The lowest BCUT2D eigenvalue weighted by atomic mass is 9.66. The van der Waals surface area contributed by atoms with Gasteiger partial charge in [-0.05, 0) is 61.8 Å². The second kappa shape index (κ2) is 4.95. The Labute approximate surface area is 107 Å². The summed E-state index contributed by atoms with van der Waals surface area (Å²) in [5, 5.41) is 0.242. The van der Waals surface area contributed by atoms with Gasteiger partial charge in [0, 0.05) is 0 Å². The average molecular weight is 256 g/mol. The summed E-state index contributed by atoms with van der Waals surface area (Å²) in [5.41, 5.74) is 7.99. The molecule has 1 saturated carbocycles. The molecule has 1 aromatic carbocycles. The smallest absolute Gasteiger partial charge is 0.142 e. The normalized spacial score (nSPS) is 17.9. The quantitative estimate of drug-likeness (QED) is 0.869. The first-order valence-electron chi connectivity index (χ1n) is 6.21. The van der Waals surface area contributed by atoms with Gasteiger partial charge in [-0.2, -0.15) is 0 Å². The van der Waals surface area contributed by atoms with Gasteiger partial charge in [-0.3, -0.25) is 0 Å². The highest BCUT2D eigenvalue weighted by Crippen LogP contribution is 2.43. The fourth-order valence-electron chi connectivity index (χ4n) is 2.58. The van der Waals surface area contributed by atoms with Gasteiger partial charge in [0.25, 0.3) is 0 Å². The predicted octanol–water partition coefficient (Wildman–Crippen LogP) is 3.85. The number of rotatable bonds is 4. The van der Waals surface area contributed by atoms with Crippen LogP contribution in [0, 0.1) is 18.2 Å². The van der Waals surface area contributed by atoms with Crippen molar-refractivity contribution < 1.29 is 4.39 Å². The Morgan fingerprint density at radius 3 is 2.59 bits per heavy atom. The molecule has 0 aliphatic heterocycles. The van der Waals surface area contributed by atoms with E-state index in [0.29, 0.717) is 5.41 Å². The van der Waals surface area contributed by atoms with Gasteiger partial charge in [-0.25, -0.2) is 4.39 Å². The van der Waals surface area contributed by atoms with E-state index < -0.39 is 0 Å². The third-order valence-electron chi connectivity index (χ3n) is 4.06. The van der Waals surface area contributed by atoms with Gasteiger partial charge >= 0.3 is 0 Å². The monoisotopic (exact) mass is 255 g/mol. The summed E-state index contributed by atoms with van der Waals surface area (Å²) < 4.78 is 13.5. The summed E-state index contributed by atoms with van der Waals surface area (Å²) >= 11 is 5.81. The van der Waals surface area contributed by atoms with Gasteiger partial charge < -0.3 is 5.73 Å². The standard InChI is InChI=1S/C14H19ClFN/c1-10-7-11(8-12(16)13(10)15)3-6-14(9-17)4-2-5-14/h7-8H,2-6,9,17H2,1H3. The molecule has 1 aliphatic rings. The van der Waals surface area contributed by atoms with Crippen molar-refractivity contribution in [2.75, 3.05) is 6.54 Å². The maximum atomic E-state index is 13.5. The molecule has 0 aromatic heterocycles. The van der Waals surface area contributed by atoms with Gasteiger partial charge in [0.15, 0.2) is 0 Å². The highest BCUT2D eigenvalue weighted by molar-refractivity contribution is 6.31. The van der Waals surface area contributed by atoms with Crippen LogP contribution < -0.4 is 5.73 Å². The van der Waals surface area contributed by atoms with E-state index in [0.717, 1.165) is 30.5 Å². The van der Waals surface area contributed by atoms with Gasteiger partial charge in [0.05, 0.1) is 5.02 Å². The molecule has 0 bridgehead atoms. The zero-order valence-electron chi connectivity index (χ0n) is 10.2. The molecule has 0 spiro atoms. The maximum absolute atomic E-state index is 13.5. The minimum Gasteiger partial charge on any atom is -0.330 e. The van der Waals surface area contributed by atoms with Crippen LogP contribution in [0.25, 0.3) is 0 Å². The molecule has 0 radical (unpaired) electrons. The molecular formula is C14H19ClFN. The first kappa shape index (κ1) is 12.8. The van der Waals surface area contributed by atoms with Gasteiger partial charge in [-0.15, -0.1) is 0 Å². The van der Waals surface area contributed by atoms with E-state index >= 15 is 0 Å². The summed E-state index contributed by atoms with van der Waals surface area (Å²) in [5.74, 6) is -0.308. The summed E-state index contributed by atoms with van der Waals surface area (Å²) in [6, 6.07) is 3.53. The first-order chi connectivity index (χ1) is 8.06. The minimum absolute atomic E-state index is 0.242. The molecule has 1 aliphatic carbocycles. The molecule has 0 heterocycles. The van der Waals surface area contributed by atoms with Crippen LogP contribution in [0.5, 0.6) is 0 Å². The number of benzene rings is 1. The summed E-state index contributed by atoms with van der Waals surface area (Å²) in [7, 11) is 0. The van der Waals surface area contributed by atoms with E-state index in [1.807, 2.05) is 13.0 Å². The van der Waals surface area contributed by atoms with Crippen molar-refractivity contribution in [2.45, 2.75) is 39.0 Å². The molecule has 0 unspecified atom stereocenters. The molecule has 1 fully saturated rings. The highest BCUT2D eigenvalue weighted by Gasteiger charge is 2.34. The Hall–Kier alpha value is -0.600. The second-order valence-corrected chi connectivity index (χ2v) is 5.64. The lowest BCUT2D eigenvalue weighted by Gasteiger charge is -2.41. The van der Waals surface area contributed by atoms with Crippen LogP contribution in [0.2, 0.25) is 5.02 Å². The Morgan fingerprint density at radius 1 is 1.41 bits per heavy atom. The van der Waals surface area contributed by atoms with E-state index in [9.17, 15) is 4.39 Å². The van der Waals surface area contributed by atoms with Crippen molar-refractivity contribution >= 4 is 11.6 Å². The Bertz CT molecular complexity index is 384. The summed E-state index contributed by atoms with van der Waals surface area (Å²) in [6.07, 6.45) is 5.68. The summed E-state index contributed by atoms with van der Waals surface area (Å²) in [6.45, 7) is 2.60. The number of hydrogen-bond donors (Lipinski definition) is 1. The van der Waals surface area contributed by atoms with Crippen LogP contribution in [0.3, 0.4) is 0 Å². The highest BCUT2D eigenvalue weighted by atomic mass is 35.5. The van der Waals surface area contributed by atoms with Crippen molar-refractivity contribution in [3.63, 3.8) is 0 Å². The lowest BCUT2D eigenvalue weighted by Crippen LogP contribution is -2.37. The van der Waals surface area contributed by atoms with Crippen molar-refractivity contribution in [2.24, 2.45) is 11.1 Å². The number of hydrogen-bond acceptors (Lipinski definition) is 1. The topological polar surface area (TPSA) is 26.0 Å². The molecule has 94 valence electrons. The van der Waals surface area contributed by atoms with Crippen LogP contribution >= 0.6 is 11.6 Å². The molecule has 0 amide bonds. The van der Waals surface area contributed by atoms with Gasteiger partial charge in [0.1, 0.15) is 5.82 Å². The molecule has 2 N–H and O–H groups in total. The van der Waals surface area contributed by atoms with Crippen LogP contribution in [0.15, 0.2) is 12.1 Å². The van der Waals surface area contributed by atoms with E-state index in [1.165, 1.54) is 19.3 Å². The minimum atomic E-state index is -0.308. The maximum Gasteiger partial charge on any atom is 0.142 e. The molecule has 0 saturated heterocycles. The summed E-state index contributed by atoms with van der Waals surface area (Å²) in [4.78, 5) is 0. The second-order valence-electron chi connectivity index (χ2n) is 5.27. The van der Waals surface area contributed by atoms with Crippen LogP contribution in [0.1, 0.15) is 36.8 Å². The third-order valence-corrected chi connectivity index (χ3v) is 4.54. The van der Waals surface area contributed by atoms with E-state index in [-0.39, 0.29) is 10.8 Å². The van der Waals surface area contributed by atoms with E-state index in [2.05, 4.69) is 0 Å². The molecule has 1 nitrogen and oxygen atoms in total. The van der Waals surface area contributed by atoms with Crippen molar-refractivity contribution in [1.82, 2.24) is 0 Å². The van der Waals surface area contributed by atoms with Crippen molar-refractivity contribution in [3.8, 4) is 0 Å². The van der Waals surface area contributed by atoms with E-state index in [4.69, 9.17) is 17.3 Å². The van der Waals surface area contributed by atoms with Gasteiger partial charge in [-0.1, -0.05) is 24.1 Å². The number of halogens is 2. The fourth-order valence-corrected chi connectivity index (χ4v) is 2.69. The molecular weight excluding hydrogens is 237 g/mol. The van der Waals surface area contributed by atoms with Gasteiger partial charge in [0.2, 0.25) is 0 Å². The molecule has 3 heteroatoms. The molecule has 1 aromatic rings.